The molecule has 22 heavy (non-hydrogen) atoms. The Morgan fingerprint density at radius 3 is 2.27 bits per heavy atom. The van der Waals surface area contributed by atoms with Crippen LogP contribution in [-0.4, -0.2) is 37.4 Å². The van der Waals surface area contributed by atoms with Gasteiger partial charge in [0.25, 0.3) is 0 Å². The molecule has 8 heteroatoms. The van der Waals surface area contributed by atoms with E-state index in [1.54, 1.807) is 19.1 Å². The largest absolute Gasteiger partial charge is 0.493 e. The van der Waals surface area contributed by atoms with Crippen LogP contribution in [0.2, 0.25) is 0 Å². The third-order valence-corrected chi connectivity index (χ3v) is 2.84. The molecule has 2 aromatic rings. The number of carbonyl (C=O) groups excluding carboxylic acids is 1. The number of aryl methyl sites for hydroxylation is 1. The summed E-state index contributed by atoms with van der Waals surface area (Å²) >= 11 is 0. The van der Waals surface area contributed by atoms with Gasteiger partial charge in [0.2, 0.25) is 17.5 Å². The number of hydrogen-bond acceptors (Lipinski definition) is 7. The van der Waals surface area contributed by atoms with E-state index in [0.717, 1.165) is 0 Å². The van der Waals surface area contributed by atoms with Crippen molar-refractivity contribution >= 4 is 11.6 Å². The molecule has 8 nitrogen and oxygen atoms in total. The van der Waals surface area contributed by atoms with Gasteiger partial charge >= 0.3 is 0 Å². The minimum atomic E-state index is -0.282. The Labute approximate surface area is 127 Å². The highest BCUT2D eigenvalue weighted by Crippen LogP contribution is 2.39. The number of aromatic nitrogens is 2. The second kappa shape index (κ2) is 6.79. The first kappa shape index (κ1) is 15.6. The number of anilines is 1. The molecule has 0 atom stereocenters. The van der Waals surface area contributed by atoms with Crippen LogP contribution in [0.5, 0.6) is 17.2 Å². The molecule has 0 aliphatic heterocycles. The summed E-state index contributed by atoms with van der Waals surface area (Å²) in [6, 6.07) is 3.28. The van der Waals surface area contributed by atoms with Crippen molar-refractivity contribution in [3.05, 3.63) is 23.8 Å². The van der Waals surface area contributed by atoms with Gasteiger partial charge in [0.1, 0.15) is 0 Å². The quantitative estimate of drug-likeness (QED) is 0.865. The Hall–Kier alpha value is -2.77. The van der Waals surface area contributed by atoms with Crippen molar-refractivity contribution in [2.45, 2.75) is 13.3 Å². The molecule has 0 fully saturated rings. The van der Waals surface area contributed by atoms with Gasteiger partial charge in [0, 0.05) is 24.7 Å². The Bertz CT molecular complexity index is 643. The number of rotatable bonds is 6. The lowest BCUT2D eigenvalue weighted by atomic mass is 10.2. The van der Waals surface area contributed by atoms with E-state index in [-0.39, 0.29) is 12.3 Å². The molecular weight excluding hydrogens is 290 g/mol. The summed E-state index contributed by atoms with van der Waals surface area (Å²) in [5.41, 5.74) is 0.514. The molecule has 0 radical (unpaired) electrons. The Balaban J connectivity index is 2.16. The first-order valence-electron chi connectivity index (χ1n) is 6.46. The van der Waals surface area contributed by atoms with E-state index >= 15 is 0 Å². The number of carbonyl (C=O) groups is 1. The summed E-state index contributed by atoms with van der Waals surface area (Å²) in [6.45, 7) is 1.66. The van der Waals surface area contributed by atoms with Crippen molar-refractivity contribution in [3.8, 4) is 17.2 Å². The molecular formula is C14H17N3O5. The fraction of sp³-hybridized carbons (Fsp3) is 0.357. The number of amides is 1. The fourth-order valence-electron chi connectivity index (χ4n) is 1.92. The zero-order valence-corrected chi connectivity index (χ0v) is 12.8. The number of hydrogen-bond donors (Lipinski definition) is 1. The molecule has 0 saturated carbocycles. The molecule has 1 amide bonds. The number of nitrogens with one attached hydrogen (secondary N) is 1. The SMILES string of the molecule is COc1cc(NC(=O)Cc2noc(C)n2)cc(OC)c1OC. The number of ether oxygens (including phenoxy) is 3. The van der Waals surface area contributed by atoms with Crippen molar-refractivity contribution in [3.63, 3.8) is 0 Å². The third-order valence-electron chi connectivity index (χ3n) is 2.84. The van der Waals surface area contributed by atoms with Crippen molar-refractivity contribution in [1.29, 1.82) is 0 Å². The predicted molar refractivity (Wildman–Crippen MR) is 77.5 cm³/mol. The third kappa shape index (κ3) is 3.46. The van der Waals surface area contributed by atoms with Crippen LogP contribution in [0.3, 0.4) is 0 Å². The second-order valence-electron chi connectivity index (χ2n) is 4.37. The van der Waals surface area contributed by atoms with Gasteiger partial charge in [-0.15, -0.1) is 0 Å². The molecule has 118 valence electrons. The second-order valence-corrected chi connectivity index (χ2v) is 4.37. The molecule has 0 aliphatic rings. The molecule has 0 bridgehead atoms. The highest BCUT2D eigenvalue weighted by Gasteiger charge is 2.15. The summed E-state index contributed by atoms with van der Waals surface area (Å²) in [5.74, 6) is 1.81. The lowest BCUT2D eigenvalue weighted by Crippen LogP contribution is -2.15. The normalized spacial score (nSPS) is 10.2. The molecule has 0 spiro atoms. The topological polar surface area (TPSA) is 95.7 Å². The zero-order chi connectivity index (χ0) is 16.1. The van der Waals surface area contributed by atoms with Gasteiger partial charge in [-0.2, -0.15) is 4.98 Å². The van der Waals surface area contributed by atoms with Gasteiger partial charge in [-0.1, -0.05) is 5.16 Å². The maximum Gasteiger partial charge on any atom is 0.232 e. The molecule has 1 N–H and O–H groups in total. The molecule has 2 rings (SSSR count). The van der Waals surface area contributed by atoms with E-state index in [4.69, 9.17) is 18.7 Å². The summed E-state index contributed by atoms with van der Waals surface area (Å²) in [5, 5.41) is 6.40. The van der Waals surface area contributed by atoms with Crippen molar-refractivity contribution in [2.24, 2.45) is 0 Å². The first-order valence-corrected chi connectivity index (χ1v) is 6.46. The van der Waals surface area contributed by atoms with E-state index in [1.165, 1.54) is 21.3 Å². The fourth-order valence-corrected chi connectivity index (χ4v) is 1.92. The maximum absolute atomic E-state index is 12.0. The van der Waals surface area contributed by atoms with Gasteiger partial charge in [-0.3, -0.25) is 4.79 Å². The van der Waals surface area contributed by atoms with Crippen LogP contribution >= 0.6 is 0 Å². The van der Waals surface area contributed by atoms with E-state index < -0.39 is 0 Å². The van der Waals surface area contributed by atoms with E-state index in [0.29, 0.717) is 34.7 Å². The van der Waals surface area contributed by atoms with Crippen LogP contribution in [0.1, 0.15) is 11.7 Å². The Kier molecular flexibility index (Phi) is 4.82. The number of methoxy groups -OCH3 is 3. The van der Waals surface area contributed by atoms with Gasteiger partial charge in [0.15, 0.2) is 17.3 Å². The average Bonchev–Trinajstić information content (AvgIpc) is 2.90. The van der Waals surface area contributed by atoms with Gasteiger partial charge in [-0.25, -0.2) is 0 Å². The highest BCUT2D eigenvalue weighted by atomic mass is 16.5. The lowest BCUT2D eigenvalue weighted by molar-refractivity contribution is -0.115. The van der Waals surface area contributed by atoms with Crippen molar-refractivity contribution in [2.75, 3.05) is 26.6 Å². The lowest BCUT2D eigenvalue weighted by Gasteiger charge is -2.14. The van der Waals surface area contributed by atoms with Crippen LogP contribution in [0.15, 0.2) is 16.7 Å². The van der Waals surface area contributed by atoms with Gasteiger partial charge in [0.05, 0.1) is 27.8 Å². The Morgan fingerprint density at radius 1 is 1.18 bits per heavy atom. The van der Waals surface area contributed by atoms with Crippen LogP contribution < -0.4 is 19.5 Å². The van der Waals surface area contributed by atoms with Crippen LogP contribution in [0.25, 0.3) is 0 Å². The van der Waals surface area contributed by atoms with Gasteiger partial charge < -0.3 is 24.1 Å². The van der Waals surface area contributed by atoms with E-state index in [9.17, 15) is 4.79 Å². The molecule has 0 saturated heterocycles. The molecule has 0 unspecified atom stereocenters. The molecule has 0 aliphatic carbocycles. The number of nitrogens with zero attached hydrogens (tertiary/aromatic N) is 2. The summed E-state index contributed by atoms with van der Waals surface area (Å²) in [6.07, 6.45) is 0.00794. The van der Waals surface area contributed by atoms with Crippen molar-refractivity contribution in [1.82, 2.24) is 10.1 Å². The molecule has 1 heterocycles. The van der Waals surface area contributed by atoms with Crippen LogP contribution in [0, 0.1) is 6.92 Å². The minimum Gasteiger partial charge on any atom is -0.493 e. The zero-order valence-electron chi connectivity index (χ0n) is 12.8. The maximum atomic E-state index is 12.0. The monoisotopic (exact) mass is 307 g/mol. The van der Waals surface area contributed by atoms with Crippen LogP contribution in [-0.2, 0) is 11.2 Å². The van der Waals surface area contributed by atoms with Crippen LogP contribution in [0.4, 0.5) is 5.69 Å². The predicted octanol–water partition coefficient (Wildman–Crippen LogP) is 1.59. The summed E-state index contributed by atoms with van der Waals surface area (Å²) in [7, 11) is 4.52. The average molecular weight is 307 g/mol. The first-order chi connectivity index (χ1) is 10.6. The van der Waals surface area contributed by atoms with Gasteiger partial charge in [-0.05, 0) is 0 Å². The minimum absolute atomic E-state index is 0.00794. The summed E-state index contributed by atoms with van der Waals surface area (Å²) < 4.78 is 20.5. The Morgan fingerprint density at radius 2 is 1.82 bits per heavy atom. The highest BCUT2D eigenvalue weighted by molar-refractivity contribution is 5.92. The number of benzene rings is 1. The smallest absolute Gasteiger partial charge is 0.232 e. The summed E-state index contributed by atoms with van der Waals surface area (Å²) in [4.78, 5) is 16.0. The standard InChI is InChI=1S/C14H17N3O5/c1-8-15-12(17-22-8)7-13(18)16-9-5-10(19-2)14(21-4)11(6-9)20-3/h5-6H,7H2,1-4H3,(H,16,18). The van der Waals surface area contributed by atoms with E-state index in [2.05, 4.69) is 15.5 Å². The van der Waals surface area contributed by atoms with Crippen molar-refractivity contribution < 1.29 is 23.5 Å². The van der Waals surface area contributed by atoms with E-state index in [1.807, 2.05) is 0 Å². The molecule has 1 aromatic carbocycles. The molecule has 1 aromatic heterocycles.